The largest absolute Gasteiger partial charge is 0.222 e. The minimum Gasteiger partial charge on any atom is -0.222 e. The summed E-state index contributed by atoms with van der Waals surface area (Å²) < 4.78 is 0. The van der Waals surface area contributed by atoms with Crippen LogP contribution in [0.4, 0.5) is 0 Å². The van der Waals surface area contributed by atoms with Crippen molar-refractivity contribution in [1.29, 1.82) is 0 Å². The maximum atomic E-state index is 5.84. The third-order valence-electron chi connectivity index (χ3n) is 1.68. The Hall–Kier alpha value is -0.840. The summed E-state index contributed by atoms with van der Waals surface area (Å²) in [6.45, 7) is 0. The first kappa shape index (κ1) is 8.74. The fourth-order valence-corrected chi connectivity index (χ4v) is 1.34. The minimum absolute atomic E-state index is 0.185. The van der Waals surface area contributed by atoms with Crippen molar-refractivity contribution in [2.24, 2.45) is 10.3 Å². The number of hydrogen-bond acceptors (Lipinski definition) is 4. The molecule has 0 radical (unpaired) electrons. The van der Waals surface area contributed by atoms with Crippen LogP contribution in [0.1, 0.15) is 11.7 Å². The predicted octanol–water partition coefficient (Wildman–Crippen LogP) is 2.47. The van der Waals surface area contributed by atoms with Crippen molar-refractivity contribution in [3.63, 3.8) is 0 Å². The lowest BCUT2D eigenvalue weighted by atomic mass is 10.2. The molecule has 1 aromatic carbocycles. The molecular weight excluding hydrogens is 211 g/mol. The number of nitrogens with one attached hydrogen (secondary N) is 2. The Morgan fingerprint density at radius 1 is 1.23 bits per heavy atom. The molecule has 1 atom stereocenters. The molecule has 6 heteroatoms. The van der Waals surface area contributed by atoms with Gasteiger partial charge in [-0.2, -0.15) is 5.43 Å². The number of nitrogens with zero attached hydrogens (tertiary/aromatic N) is 2. The first-order valence-corrected chi connectivity index (χ1v) is 4.38. The van der Waals surface area contributed by atoms with Crippen LogP contribution in [0.15, 0.2) is 28.5 Å². The summed E-state index contributed by atoms with van der Waals surface area (Å²) in [5.74, 6) is 0. The van der Waals surface area contributed by atoms with E-state index in [1.165, 1.54) is 0 Å². The van der Waals surface area contributed by atoms with Crippen LogP contribution in [0, 0.1) is 0 Å². The zero-order valence-electron chi connectivity index (χ0n) is 6.46. The first-order valence-electron chi connectivity index (χ1n) is 3.63. The lowest BCUT2D eigenvalue weighted by molar-refractivity contribution is 0.552. The lowest BCUT2D eigenvalue weighted by Crippen LogP contribution is -2.23. The quantitative estimate of drug-likeness (QED) is 0.758. The van der Waals surface area contributed by atoms with Crippen molar-refractivity contribution in [3.8, 4) is 0 Å². The second-order valence-electron chi connectivity index (χ2n) is 2.55. The van der Waals surface area contributed by atoms with Gasteiger partial charge in [-0.25, -0.2) is 5.53 Å². The maximum Gasteiger partial charge on any atom is 0.166 e. The average molecular weight is 217 g/mol. The molecule has 2 N–H and O–H groups in total. The van der Waals surface area contributed by atoms with Crippen molar-refractivity contribution in [2.75, 3.05) is 0 Å². The molecule has 1 heterocycles. The van der Waals surface area contributed by atoms with Crippen molar-refractivity contribution < 1.29 is 0 Å². The van der Waals surface area contributed by atoms with Gasteiger partial charge in [0.15, 0.2) is 6.17 Å². The lowest BCUT2D eigenvalue weighted by Gasteiger charge is -2.06. The molecule has 4 nitrogen and oxygen atoms in total. The molecule has 0 saturated heterocycles. The third-order valence-corrected chi connectivity index (χ3v) is 2.42. The molecule has 0 bridgehead atoms. The van der Waals surface area contributed by atoms with E-state index in [0.29, 0.717) is 10.0 Å². The zero-order valence-corrected chi connectivity index (χ0v) is 7.97. The Kier molecular flexibility index (Phi) is 2.35. The summed E-state index contributed by atoms with van der Waals surface area (Å²) in [6, 6.07) is 5.33. The first-order chi connectivity index (χ1) is 6.27. The molecular formula is C7H6Cl2N4. The topological polar surface area (TPSA) is 48.8 Å². The maximum absolute atomic E-state index is 5.84. The van der Waals surface area contributed by atoms with Crippen molar-refractivity contribution in [2.45, 2.75) is 6.17 Å². The van der Waals surface area contributed by atoms with Gasteiger partial charge in [0.2, 0.25) is 0 Å². The van der Waals surface area contributed by atoms with E-state index in [-0.39, 0.29) is 6.17 Å². The molecule has 1 aliphatic rings. The smallest absolute Gasteiger partial charge is 0.166 e. The van der Waals surface area contributed by atoms with E-state index in [1.807, 2.05) is 6.07 Å². The van der Waals surface area contributed by atoms with Gasteiger partial charge in [-0.05, 0) is 17.7 Å². The molecule has 0 aliphatic carbocycles. The van der Waals surface area contributed by atoms with Crippen LogP contribution < -0.4 is 11.0 Å². The van der Waals surface area contributed by atoms with Crippen LogP contribution in [0.3, 0.4) is 0 Å². The summed E-state index contributed by atoms with van der Waals surface area (Å²) in [5, 5.41) is 8.51. The fourth-order valence-electron chi connectivity index (χ4n) is 1.04. The van der Waals surface area contributed by atoms with Crippen LogP contribution in [-0.4, -0.2) is 0 Å². The van der Waals surface area contributed by atoms with E-state index < -0.39 is 0 Å². The van der Waals surface area contributed by atoms with Gasteiger partial charge in [-0.3, -0.25) is 0 Å². The second kappa shape index (κ2) is 3.49. The number of benzene rings is 1. The highest BCUT2D eigenvalue weighted by atomic mass is 35.5. The van der Waals surface area contributed by atoms with Gasteiger partial charge in [0.1, 0.15) is 0 Å². The molecule has 0 fully saturated rings. The summed E-state index contributed by atoms with van der Waals surface area (Å²) in [5.41, 5.74) is 6.29. The van der Waals surface area contributed by atoms with Gasteiger partial charge < -0.3 is 0 Å². The summed E-state index contributed by atoms with van der Waals surface area (Å²) in [7, 11) is 0. The highest BCUT2D eigenvalue weighted by Gasteiger charge is 2.14. The van der Waals surface area contributed by atoms with Gasteiger partial charge >= 0.3 is 0 Å². The molecule has 1 unspecified atom stereocenters. The van der Waals surface area contributed by atoms with Crippen LogP contribution in [0.5, 0.6) is 0 Å². The molecule has 0 amide bonds. The Bertz CT molecular complexity index is 352. The normalized spacial score (nSPS) is 20.3. The molecule has 0 aromatic heterocycles. The Morgan fingerprint density at radius 3 is 2.69 bits per heavy atom. The molecule has 0 saturated carbocycles. The molecule has 1 aliphatic heterocycles. The van der Waals surface area contributed by atoms with E-state index in [9.17, 15) is 0 Å². The Balaban J connectivity index is 2.30. The minimum atomic E-state index is -0.185. The Labute approximate surface area is 84.9 Å². The van der Waals surface area contributed by atoms with Gasteiger partial charge in [0.25, 0.3) is 0 Å². The average Bonchev–Trinajstić information content (AvgIpc) is 2.62. The summed E-state index contributed by atoms with van der Waals surface area (Å²) in [4.78, 5) is 0. The number of hydrogen-bond donors (Lipinski definition) is 2. The van der Waals surface area contributed by atoms with Crippen LogP contribution in [0.25, 0.3) is 0 Å². The SMILES string of the molecule is Clc1ccc(C2N=NNN2)cc1Cl. The second-order valence-corrected chi connectivity index (χ2v) is 3.36. The summed E-state index contributed by atoms with van der Waals surface area (Å²) >= 11 is 11.6. The number of halogens is 2. The third kappa shape index (κ3) is 1.75. The van der Waals surface area contributed by atoms with Gasteiger partial charge in [-0.15, -0.1) is 5.11 Å². The van der Waals surface area contributed by atoms with Crippen LogP contribution in [-0.2, 0) is 0 Å². The zero-order chi connectivity index (χ0) is 9.26. The van der Waals surface area contributed by atoms with E-state index in [0.717, 1.165) is 5.56 Å². The molecule has 1 aromatic rings. The van der Waals surface area contributed by atoms with Gasteiger partial charge in [0, 0.05) is 0 Å². The van der Waals surface area contributed by atoms with Gasteiger partial charge in [-0.1, -0.05) is 34.5 Å². The van der Waals surface area contributed by atoms with E-state index in [1.54, 1.807) is 12.1 Å². The number of rotatable bonds is 1. The van der Waals surface area contributed by atoms with Gasteiger partial charge in [0.05, 0.1) is 10.0 Å². The van der Waals surface area contributed by atoms with Crippen molar-refractivity contribution in [3.05, 3.63) is 33.8 Å². The molecule has 13 heavy (non-hydrogen) atoms. The highest BCUT2D eigenvalue weighted by molar-refractivity contribution is 6.42. The standard InChI is InChI=1S/C7H6Cl2N4/c8-5-2-1-4(3-6(5)9)7-10-12-13-11-7/h1-3,7H,(H,10,13)(H,11,12). The fraction of sp³-hybridized carbons (Fsp3) is 0.143. The Morgan fingerprint density at radius 2 is 2.08 bits per heavy atom. The number of hydrazine groups is 1. The molecule has 2 rings (SSSR count). The monoisotopic (exact) mass is 216 g/mol. The van der Waals surface area contributed by atoms with Crippen LogP contribution >= 0.6 is 23.2 Å². The van der Waals surface area contributed by atoms with Crippen LogP contribution in [0.2, 0.25) is 10.0 Å². The highest BCUT2D eigenvalue weighted by Crippen LogP contribution is 2.26. The predicted molar refractivity (Wildman–Crippen MR) is 50.3 cm³/mol. The van der Waals surface area contributed by atoms with E-state index >= 15 is 0 Å². The molecule has 68 valence electrons. The van der Waals surface area contributed by atoms with Crippen molar-refractivity contribution in [1.82, 2.24) is 11.0 Å². The van der Waals surface area contributed by atoms with Crippen molar-refractivity contribution >= 4 is 23.2 Å². The van der Waals surface area contributed by atoms with E-state index in [2.05, 4.69) is 21.3 Å². The molecule has 0 spiro atoms. The van der Waals surface area contributed by atoms with E-state index in [4.69, 9.17) is 23.2 Å². The summed E-state index contributed by atoms with van der Waals surface area (Å²) in [6.07, 6.45) is -0.185.